The van der Waals surface area contributed by atoms with Crippen LogP contribution in [0.25, 0.3) is 16.3 Å². The molecule has 1 aromatic heterocycles. The molecule has 0 aliphatic heterocycles. The molecular formula is C20H19N3. The Morgan fingerprint density at radius 1 is 0.957 bits per heavy atom. The fourth-order valence-corrected chi connectivity index (χ4v) is 3.55. The van der Waals surface area contributed by atoms with E-state index in [0.717, 1.165) is 0 Å². The molecule has 0 radical (unpaired) electrons. The number of aryl methyl sites for hydroxylation is 1. The highest BCUT2D eigenvalue weighted by Crippen LogP contribution is 2.39. The predicted octanol–water partition coefficient (Wildman–Crippen LogP) is 4.69. The van der Waals surface area contributed by atoms with Gasteiger partial charge in [0.2, 0.25) is 0 Å². The Hall–Kier alpha value is -2.68. The minimum Gasteiger partial charge on any atom is -0.266 e. The Balaban J connectivity index is 0.000000233. The average Bonchev–Trinajstić information content (AvgIpc) is 3.21. The molecule has 0 atom stereocenters. The molecule has 0 bridgehead atoms. The van der Waals surface area contributed by atoms with Gasteiger partial charge in [-0.15, -0.1) is 5.10 Å². The first-order chi connectivity index (χ1) is 11.4. The van der Waals surface area contributed by atoms with Gasteiger partial charge in [0.25, 0.3) is 0 Å². The Bertz CT molecular complexity index is 856. The lowest BCUT2D eigenvalue weighted by Gasteiger charge is -2.25. The zero-order valence-corrected chi connectivity index (χ0v) is 13.0. The van der Waals surface area contributed by atoms with Crippen LogP contribution in [-0.4, -0.2) is 15.4 Å². The number of fused-ring (bicyclic) bond motifs is 4. The van der Waals surface area contributed by atoms with Gasteiger partial charge in [-0.3, -0.25) is 5.10 Å². The topological polar surface area (TPSA) is 41.6 Å². The van der Waals surface area contributed by atoms with Gasteiger partial charge in [-0.2, -0.15) is 0 Å². The second-order valence-corrected chi connectivity index (χ2v) is 5.93. The van der Waals surface area contributed by atoms with Crippen molar-refractivity contribution in [2.75, 3.05) is 0 Å². The van der Waals surface area contributed by atoms with Gasteiger partial charge in [-0.1, -0.05) is 59.3 Å². The van der Waals surface area contributed by atoms with Crippen LogP contribution in [0, 0.1) is 0 Å². The molecule has 0 fully saturated rings. The van der Waals surface area contributed by atoms with Gasteiger partial charge >= 0.3 is 0 Å². The van der Waals surface area contributed by atoms with Crippen LogP contribution in [0.5, 0.6) is 0 Å². The van der Waals surface area contributed by atoms with E-state index in [-0.39, 0.29) is 0 Å². The third-order valence-corrected chi connectivity index (χ3v) is 4.62. The maximum Gasteiger partial charge on any atom is 0.0690 e. The van der Waals surface area contributed by atoms with Crippen molar-refractivity contribution in [2.24, 2.45) is 0 Å². The molecule has 1 N–H and O–H groups in total. The van der Waals surface area contributed by atoms with Gasteiger partial charge in [0.15, 0.2) is 0 Å². The summed E-state index contributed by atoms with van der Waals surface area (Å²) >= 11 is 0. The summed E-state index contributed by atoms with van der Waals surface area (Å²) < 4.78 is 0. The lowest BCUT2D eigenvalue weighted by molar-refractivity contribution is 0.831. The second-order valence-electron chi connectivity index (χ2n) is 5.93. The highest BCUT2D eigenvalue weighted by molar-refractivity contribution is 5.93. The van der Waals surface area contributed by atoms with Gasteiger partial charge in [0, 0.05) is 6.20 Å². The number of nitrogens with zero attached hydrogens (tertiary/aromatic N) is 2. The maximum atomic E-state index is 3.42. The monoisotopic (exact) mass is 301 g/mol. The SMILES string of the molecule is C1=CC2=C(CC1)CCc1c2ccc2ccccc12.c1c[nH]nn1. The van der Waals surface area contributed by atoms with Crippen LogP contribution in [0.15, 0.2) is 66.5 Å². The van der Waals surface area contributed by atoms with E-state index in [1.165, 1.54) is 47.6 Å². The molecule has 2 aliphatic carbocycles. The third kappa shape index (κ3) is 2.70. The molecule has 0 saturated heterocycles. The maximum absolute atomic E-state index is 3.42. The Labute approximate surface area is 135 Å². The summed E-state index contributed by atoms with van der Waals surface area (Å²) in [5.74, 6) is 0. The first-order valence-electron chi connectivity index (χ1n) is 8.13. The molecule has 0 amide bonds. The van der Waals surface area contributed by atoms with E-state index in [9.17, 15) is 0 Å². The largest absolute Gasteiger partial charge is 0.266 e. The molecule has 114 valence electrons. The van der Waals surface area contributed by atoms with Crippen LogP contribution in [0.2, 0.25) is 0 Å². The van der Waals surface area contributed by atoms with E-state index in [4.69, 9.17) is 0 Å². The fourth-order valence-electron chi connectivity index (χ4n) is 3.55. The number of allylic oxidation sites excluding steroid dienone is 4. The highest BCUT2D eigenvalue weighted by atomic mass is 15.3. The molecule has 3 aromatic rings. The molecule has 2 aliphatic rings. The van der Waals surface area contributed by atoms with Crippen molar-refractivity contribution in [1.29, 1.82) is 0 Å². The summed E-state index contributed by atoms with van der Waals surface area (Å²) in [6.45, 7) is 0. The molecule has 0 spiro atoms. The van der Waals surface area contributed by atoms with Crippen molar-refractivity contribution in [3.63, 3.8) is 0 Å². The summed E-state index contributed by atoms with van der Waals surface area (Å²) in [6, 6.07) is 13.4. The van der Waals surface area contributed by atoms with Gasteiger partial charge in [0.1, 0.15) is 0 Å². The van der Waals surface area contributed by atoms with Crippen molar-refractivity contribution >= 4 is 16.3 Å². The standard InChI is InChI=1S/C18H16.C2H3N3/c1-3-7-15-13(5-1)9-11-18-16-8-4-2-6-14(16)10-12-17(15)18;1-2-4-5-3-1/h1,3-5,7-9,11H,2,6,10,12H2;1-2H,(H,3,4,5). The first kappa shape index (κ1) is 13.9. The van der Waals surface area contributed by atoms with Crippen molar-refractivity contribution in [2.45, 2.75) is 25.7 Å². The summed E-state index contributed by atoms with van der Waals surface area (Å²) in [4.78, 5) is 0. The normalized spacial score (nSPS) is 15.7. The lowest BCUT2D eigenvalue weighted by atomic mass is 9.80. The molecule has 2 aromatic carbocycles. The van der Waals surface area contributed by atoms with Gasteiger partial charge < -0.3 is 0 Å². The summed E-state index contributed by atoms with van der Waals surface area (Å²) in [5, 5.41) is 12.1. The van der Waals surface area contributed by atoms with E-state index in [1.54, 1.807) is 23.5 Å². The predicted molar refractivity (Wildman–Crippen MR) is 93.9 cm³/mol. The zero-order valence-electron chi connectivity index (χ0n) is 13.0. The lowest BCUT2D eigenvalue weighted by Crippen LogP contribution is -2.06. The molecule has 1 heterocycles. The number of hydrogen-bond acceptors (Lipinski definition) is 2. The van der Waals surface area contributed by atoms with Crippen LogP contribution in [0.1, 0.15) is 30.4 Å². The summed E-state index contributed by atoms with van der Waals surface area (Å²) in [5.41, 5.74) is 6.21. The van der Waals surface area contributed by atoms with Crippen LogP contribution >= 0.6 is 0 Å². The molecule has 3 heteroatoms. The number of H-pyrrole nitrogens is 1. The van der Waals surface area contributed by atoms with E-state index in [0.29, 0.717) is 0 Å². The van der Waals surface area contributed by atoms with Crippen LogP contribution < -0.4 is 0 Å². The van der Waals surface area contributed by atoms with Crippen molar-refractivity contribution in [3.8, 4) is 0 Å². The van der Waals surface area contributed by atoms with Crippen molar-refractivity contribution < 1.29 is 0 Å². The molecular weight excluding hydrogens is 282 g/mol. The minimum absolute atomic E-state index is 1.21. The highest BCUT2D eigenvalue weighted by Gasteiger charge is 2.20. The molecule has 5 rings (SSSR count). The van der Waals surface area contributed by atoms with E-state index < -0.39 is 0 Å². The summed E-state index contributed by atoms with van der Waals surface area (Å²) in [7, 11) is 0. The third-order valence-electron chi connectivity index (χ3n) is 4.62. The van der Waals surface area contributed by atoms with Crippen LogP contribution in [-0.2, 0) is 6.42 Å². The fraction of sp³-hybridized carbons (Fsp3) is 0.200. The van der Waals surface area contributed by atoms with E-state index >= 15 is 0 Å². The van der Waals surface area contributed by atoms with Crippen molar-refractivity contribution in [1.82, 2.24) is 15.4 Å². The van der Waals surface area contributed by atoms with E-state index in [2.05, 4.69) is 64.0 Å². The number of aromatic nitrogens is 3. The average molecular weight is 301 g/mol. The molecule has 0 saturated carbocycles. The van der Waals surface area contributed by atoms with E-state index in [1.807, 2.05) is 0 Å². The smallest absolute Gasteiger partial charge is 0.0690 e. The van der Waals surface area contributed by atoms with Crippen LogP contribution in [0.3, 0.4) is 0 Å². The van der Waals surface area contributed by atoms with Gasteiger partial charge in [-0.05, 0) is 53.2 Å². The number of benzene rings is 2. The molecule has 23 heavy (non-hydrogen) atoms. The van der Waals surface area contributed by atoms with Crippen LogP contribution in [0.4, 0.5) is 0 Å². The zero-order chi connectivity index (χ0) is 15.5. The second kappa shape index (κ2) is 6.21. The van der Waals surface area contributed by atoms with Gasteiger partial charge in [-0.25, -0.2) is 0 Å². The Morgan fingerprint density at radius 2 is 1.91 bits per heavy atom. The Morgan fingerprint density at radius 3 is 2.74 bits per heavy atom. The number of aromatic amines is 1. The molecule has 3 nitrogen and oxygen atoms in total. The van der Waals surface area contributed by atoms with Gasteiger partial charge in [0.05, 0.1) is 6.20 Å². The number of nitrogens with one attached hydrogen (secondary N) is 1. The van der Waals surface area contributed by atoms with Crippen molar-refractivity contribution in [3.05, 3.63) is 77.6 Å². The Kier molecular flexibility index (Phi) is 3.76. The molecule has 0 unspecified atom stereocenters. The quantitative estimate of drug-likeness (QED) is 0.654. The first-order valence-corrected chi connectivity index (χ1v) is 8.13. The summed E-state index contributed by atoms with van der Waals surface area (Å²) in [6.07, 6.45) is 12.8. The minimum atomic E-state index is 1.21. The number of hydrogen-bond donors (Lipinski definition) is 1. The number of rotatable bonds is 0.